The van der Waals surface area contributed by atoms with Gasteiger partial charge in [-0.25, -0.2) is 0 Å². The number of fused-ring (bicyclic) bond motifs is 1. The van der Waals surface area contributed by atoms with Crippen LogP contribution >= 0.6 is 11.3 Å². The van der Waals surface area contributed by atoms with Crippen molar-refractivity contribution in [2.45, 2.75) is 12.5 Å². The van der Waals surface area contributed by atoms with Crippen molar-refractivity contribution in [2.24, 2.45) is 0 Å². The minimum atomic E-state index is -0.0757. The summed E-state index contributed by atoms with van der Waals surface area (Å²) in [4.78, 5) is 16.3. The Labute approximate surface area is 144 Å². The van der Waals surface area contributed by atoms with Crippen LogP contribution in [0.3, 0.4) is 0 Å². The van der Waals surface area contributed by atoms with Gasteiger partial charge in [0.25, 0.3) is 5.91 Å². The lowest BCUT2D eigenvalue weighted by atomic mass is 9.92. The number of hydrogen-bond acceptors (Lipinski definition) is 3. The maximum Gasteiger partial charge on any atom is 0.255 e. The molecule has 0 bridgehead atoms. The Kier molecular flexibility index (Phi) is 3.78. The van der Waals surface area contributed by atoms with Crippen LogP contribution in [0.5, 0.6) is 0 Å². The predicted octanol–water partition coefficient (Wildman–Crippen LogP) is 3.17. The van der Waals surface area contributed by atoms with Gasteiger partial charge in [-0.05, 0) is 29.0 Å². The minimum absolute atomic E-state index is 0.0405. The monoisotopic (exact) mass is 336 g/mol. The molecule has 1 amide bonds. The SMILES string of the molecule is O=C(c1cc[n+]([O-])cc1)N1CCc2sccc2[C@@H]1c1ccccc1. The number of nitrogens with zero attached hydrogens (tertiary/aromatic N) is 2. The van der Waals surface area contributed by atoms with E-state index in [1.807, 2.05) is 23.1 Å². The Bertz CT molecular complexity index is 859. The van der Waals surface area contributed by atoms with Gasteiger partial charge in [0.15, 0.2) is 12.4 Å². The molecule has 120 valence electrons. The molecule has 0 saturated heterocycles. The second-order valence-electron chi connectivity index (χ2n) is 5.81. The molecular formula is C19H16N2O2S. The van der Waals surface area contributed by atoms with Gasteiger partial charge < -0.3 is 10.1 Å². The number of carbonyl (C=O) groups is 1. The lowest BCUT2D eigenvalue weighted by molar-refractivity contribution is -0.605. The van der Waals surface area contributed by atoms with Crippen LogP contribution in [0.25, 0.3) is 0 Å². The Hall–Kier alpha value is -2.66. The van der Waals surface area contributed by atoms with Gasteiger partial charge in [0.1, 0.15) is 0 Å². The van der Waals surface area contributed by atoms with E-state index in [0.29, 0.717) is 16.8 Å². The van der Waals surface area contributed by atoms with E-state index in [4.69, 9.17) is 0 Å². The molecule has 24 heavy (non-hydrogen) atoms. The largest absolute Gasteiger partial charge is 0.619 e. The first-order chi connectivity index (χ1) is 11.7. The van der Waals surface area contributed by atoms with Gasteiger partial charge in [0.05, 0.1) is 11.6 Å². The van der Waals surface area contributed by atoms with Crippen molar-refractivity contribution in [1.29, 1.82) is 0 Å². The highest BCUT2D eigenvalue weighted by atomic mass is 32.1. The van der Waals surface area contributed by atoms with Crippen LogP contribution in [0, 0.1) is 5.21 Å². The van der Waals surface area contributed by atoms with Crippen LogP contribution in [-0.4, -0.2) is 17.4 Å². The van der Waals surface area contributed by atoms with Crippen molar-refractivity contribution in [3.05, 3.63) is 93.1 Å². The van der Waals surface area contributed by atoms with E-state index in [1.54, 1.807) is 23.5 Å². The lowest BCUT2D eigenvalue weighted by Gasteiger charge is -2.36. The van der Waals surface area contributed by atoms with Gasteiger partial charge in [0, 0.05) is 23.6 Å². The van der Waals surface area contributed by atoms with E-state index in [1.165, 1.54) is 22.8 Å². The zero-order valence-electron chi connectivity index (χ0n) is 13.0. The molecule has 0 N–H and O–H groups in total. The van der Waals surface area contributed by atoms with Crippen LogP contribution in [-0.2, 0) is 6.42 Å². The third-order valence-electron chi connectivity index (χ3n) is 4.39. The quantitative estimate of drug-likeness (QED) is 0.533. The van der Waals surface area contributed by atoms with Crippen molar-refractivity contribution in [2.75, 3.05) is 6.54 Å². The third-order valence-corrected chi connectivity index (χ3v) is 5.39. The Morgan fingerprint density at radius 2 is 1.88 bits per heavy atom. The van der Waals surface area contributed by atoms with Gasteiger partial charge in [-0.15, -0.1) is 11.3 Å². The number of carbonyl (C=O) groups excluding carboxylic acids is 1. The molecule has 2 aromatic heterocycles. The minimum Gasteiger partial charge on any atom is -0.619 e. The number of hydrogen-bond donors (Lipinski definition) is 0. The molecule has 1 aliphatic heterocycles. The Morgan fingerprint density at radius 1 is 1.12 bits per heavy atom. The zero-order valence-corrected chi connectivity index (χ0v) is 13.8. The molecule has 0 radical (unpaired) electrons. The maximum atomic E-state index is 13.0. The summed E-state index contributed by atoms with van der Waals surface area (Å²) in [5.41, 5.74) is 2.86. The molecule has 3 heterocycles. The zero-order chi connectivity index (χ0) is 16.5. The first kappa shape index (κ1) is 14.9. The summed E-state index contributed by atoms with van der Waals surface area (Å²) in [5.74, 6) is -0.0405. The molecular weight excluding hydrogens is 320 g/mol. The number of thiophene rings is 1. The molecule has 1 atom stereocenters. The highest BCUT2D eigenvalue weighted by Gasteiger charge is 2.33. The second-order valence-corrected chi connectivity index (χ2v) is 6.81. The molecule has 0 saturated carbocycles. The molecule has 0 fully saturated rings. The van der Waals surface area contributed by atoms with Gasteiger partial charge in [-0.2, -0.15) is 4.73 Å². The van der Waals surface area contributed by atoms with Gasteiger partial charge in [-0.3, -0.25) is 4.79 Å². The summed E-state index contributed by atoms with van der Waals surface area (Å²) in [6, 6.07) is 15.3. The molecule has 1 aliphatic rings. The first-order valence-corrected chi connectivity index (χ1v) is 8.73. The Morgan fingerprint density at radius 3 is 2.62 bits per heavy atom. The predicted molar refractivity (Wildman–Crippen MR) is 92.7 cm³/mol. The number of benzene rings is 1. The van der Waals surface area contributed by atoms with Crippen molar-refractivity contribution in [3.8, 4) is 0 Å². The van der Waals surface area contributed by atoms with Gasteiger partial charge in [0.2, 0.25) is 0 Å². The third kappa shape index (κ3) is 2.57. The van der Waals surface area contributed by atoms with Crippen molar-refractivity contribution in [3.63, 3.8) is 0 Å². The van der Waals surface area contributed by atoms with E-state index >= 15 is 0 Å². The molecule has 0 aliphatic carbocycles. The summed E-state index contributed by atoms with van der Waals surface area (Å²) in [7, 11) is 0. The van der Waals surface area contributed by atoms with Gasteiger partial charge >= 0.3 is 0 Å². The normalized spacial score (nSPS) is 16.7. The van der Waals surface area contributed by atoms with Crippen LogP contribution in [0.1, 0.15) is 32.4 Å². The molecule has 4 rings (SSSR count). The van der Waals surface area contributed by atoms with Crippen LogP contribution < -0.4 is 4.73 Å². The summed E-state index contributed by atoms with van der Waals surface area (Å²) >= 11 is 1.75. The first-order valence-electron chi connectivity index (χ1n) is 7.85. The van der Waals surface area contributed by atoms with Crippen LogP contribution in [0.15, 0.2) is 66.3 Å². The van der Waals surface area contributed by atoms with Crippen molar-refractivity contribution < 1.29 is 9.52 Å². The fourth-order valence-electron chi connectivity index (χ4n) is 3.25. The van der Waals surface area contributed by atoms with E-state index in [-0.39, 0.29) is 11.9 Å². The van der Waals surface area contributed by atoms with E-state index in [9.17, 15) is 10.0 Å². The summed E-state index contributed by atoms with van der Waals surface area (Å²) in [6.07, 6.45) is 3.60. The molecule has 0 unspecified atom stereocenters. The molecule has 4 nitrogen and oxygen atoms in total. The molecule has 0 spiro atoms. The smallest absolute Gasteiger partial charge is 0.255 e. The second kappa shape index (κ2) is 6.09. The average Bonchev–Trinajstić information content (AvgIpc) is 3.10. The van der Waals surface area contributed by atoms with E-state index in [2.05, 4.69) is 23.6 Å². The highest BCUT2D eigenvalue weighted by Crippen LogP contribution is 2.38. The van der Waals surface area contributed by atoms with Crippen molar-refractivity contribution >= 4 is 17.2 Å². The van der Waals surface area contributed by atoms with E-state index in [0.717, 1.165) is 12.0 Å². The topological polar surface area (TPSA) is 47.2 Å². The number of aromatic nitrogens is 1. The molecule has 1 aromatic carbocycles. The summed E-state index contributed by atoms with van der Waals surface area (Å²) in [6.45, 7) is 0.679. The van der Waals surface area contributed by atoms with Crippen LogP contribution in [0.4, 0.5) is 0 Å². The summed E-state index contributed by atoms with van der Waals surface area (Å²) in [5, 5.41) is 13.3. The molecule has 3 aromatic rings. The van der Waals surface area contributed by atoms with Crippen molar-refractivity contribution in [1.82, 2.24) is 4.90 Å². The van der Waals surface area contributed by atoms with E-state index < -0.39 is 0 Å². The van der Waals surface area contributed by atoms with Crippen LogP contribution in [0.2, 0.25) is 0 Å². The lowest BCUT2D eigenvalue weighted by Crippen LogP contribution is -2.40. The fraction of sp³-hybridized carbons (Fsp3) is 0.158. The Balaban J connectivity index is 1.76. The number of amides is 1. The number of pyridine rings is 1. The molecule has 5 heteroatoms. The summed E-state index contributed by atoms with van der Waals surface area (Å²) < 4.78 is 0.693. The fourth-order valence-corrected chi connectivity index (χ4v) is 4.15. The average molecular weight is 336 g/mol. The number of rotatable bonds is 2. The maximum absolute atomic E-state index is 13.0. The van der Waals surface area contributed by atoms with Gasteiger partial charge in [-0.1, -0.05) is 30.3 Å². The standard InChI is InChI=1S/C19H16N2O2S/c22-19(15-6-10-20(23)11-7-15)21-12-8-17-16(9-13-24-17)18(21)14-4-2-1-3-5-14/h1-7,9-11,13,18H,8,12H2/t18-/m0/s1. The highest BCUT2D eigenvalue weighted by molar-refractivity contribution is 7.10.